The molecule has 0 spiro atoms. The van der Waals surface area contributed by atoms with Gasteiger partial charge in [-0.3, -0.25) is 5.10 Å². The van der Waals surface area contributed by atoms with Gasteiger partial charge in [-0.25, -0.2) is 8.78 Å². The first kappa shape index (κ1) is 13.7. The Morgan fingerprint density at radius 1 is 1.26 bits per heavy atom. The highest BCUT2D eigenvalue weighted by Crippen LogP contribution is 2.27. The Kier molecular flexibility index (Phi) is 3.95. The largest absolute Gasteiger partial charge is 0.329 e. The summed E-state index contributed by atoms with van der Waals surface area (Å²) in [4.78, 5) is 0. The van der Waals surface area contributed by atoms with E-state index in [0.717, 1.165) is 17.8 Å². The predicted molar refractivity (Wildman–Crippen MR) is 69.9 cm³/mol. The minimum absolute atomic E-state index is 0.181. The molecule has 0 aliphatic carbocycles. The summed E-state index contributed by atoms with van der Waals surface area (Å²) in [6.45, 7) is 4.21. The van der Waals surface area contributed by atoms with Gasteiger partial charge < -0.3 is 5.73 Å². The first-order valence-electron chi connectivity index (χ1n) is 6.23. The minimum atomic E-state index is -0.474. The van der Waals surface area contributed by atoms with Gasteiger partial charge in [0.25, 0.3) is 0 Å². The van der Waals surface area contributed by atoms with Crippen molar-refractivity contribution in [2.24, 2.45) is 5.73 Å². The smallest absolute Gasteiger partial charge is 0.127 e. The van der Waals surface area contributed by atoms with Crippen molar-refractivity contribution in [3.05, 3.63) is 52.9 Å². The Morgan fingerprint density at radius 3 is 2.58 bits per heavy atom. The summed E-state index contributed by atoms with van der Waals surface area (Å²) in [5.41, 5.74) is 7.54. The molecule has 0 radical (unpaired) electrons. The number of nitrogens with two attached hydrogens (primary N) is 1. The molecule has 1 atom stereocenters. The number of hydrogen-bond donors (Lipinski definition) is 2. The van der Waals surface area contributed by atoms with E-state index < -0.39 is 17.6 Å². The lowest BCUT2D eigenvalue weighted by atomic mass is 9.94. The van der Waals surface area contributed by atoms with E-state index >= 15 is 0 Å². The first-order chi connectivity index (χ1) is 9.02. The summed E-state index contributed by atoms with van der Waals surface area (Å²) in [5.74, 6) is -1.09. The fourth-order valence-corrected chi connectivity index (χ4v) is 2.03. The van der Waals surface area contributed by atoms with Gasteiger partial charge in [-0.2, -0.15) is 5.10 Å². The minimum Gasteiger partial charge on any atom is -0.329 e. The molecule has 102 valence electrons. The zero-order valence-corrected chi connectivity index (χ0v) is 11.0. The molecule has 0 bridgehead atoms. The van der Waals surface area contributed by atoms with Gasteiger partial charge in [0, 0.05) is 23.7 Å². The first-order valence-corrected chi connectivity index (χ1v) is 6.23. The molecular weight excluding hydrogens is 248 g/mol. The number of rotatable bonds is 4. The van der Waals surface area contributed by atoms with Crippen LogP contribution >= 0.6 is 0 Å². The van der Waals surface area contributed by atoms with Gasteiger partial charge in [0.15, 0.2) is 0 Å². The van der Waals surface area contributed by atoms with E-state index in [2.05, 4.69) is 10.2 Å². The average Bonchev–Trinajstić information content (AvgIpc) is 2.84. The standard InChI is InChI=1S/C14H17F2N3/c1-8(2)13-6-14(19-18-13)11(7-17)10-5-9(15)3-4-12(10)16/h3-6,8,11H,7,17H2,1-2H3,(H,18,19). The molecule has 19 heavy (non-hydrogen) atoms. The quantitative estimate of drug-likeness (QED) is 0.893. The molecular formula is C14H17F2N3. The van der Waals surface area contributed by atoms with Crippen LogP contribution in [0.3, 0.4) is 0 Å². The zero-order valence-electron chi connectivity index (χ0n) is 11.0. The van der Waals surface area contributed by atoms with Crippen LogP contribution in [0, 0.1) is 11.6 Å². The van der Waals surface area contributed by atoms with Crippen molar-refractivity contribution in [1.29, 1.82) is 0 Å². The molecule has 3 N–H and O–H groups in total. The molecule has 0 amide bonds. The highest BCUT2D eigenvalue weighted by atomic mass is 19.1. The molecule has 1 aromatic heterocycles. The number of nitrogens with one attached hydrogen (secondary N) is 1. The number of benzene rings is 1. The van der Waals surface area contributed by atoms with Gasteiger partial charge >= 0.3 is 0 Å². The van der Waals surface area contributed by atoms with Crippen LogP contribution in [0.25, 0.3) is 0 Å². The molecule has 0 aliphatic heterocycles. The van der Waals surface area contributed by atoms with Crippen LogP contribution in [0.5, 0.6) is 0 Å². The number of hydrogen-bond acceptors (Lipinski definition) is 2. The second kappa shape index (κ2) is 5.48. The van der Waals surface area contributed by atoms with Crippen molar-refractivity contribution >= 4 is 0 Å². The molecule has 1 aromatic carbocycles. The third kappa shape index (κ3) is 2.81. The van der Waals surface area contributed by atoms with Crippen LogP contribution in [0.4, 0.5) is 8.78 Å². The molecule has 2 aromatic rings. The second-order valence-electron chi connectivity index (χ2n) is 4.86. The summed E-state index contributed by atoms with van der Waals surface area (Å²) in [6, 6.07) is 5.25. The van der Waals surface area contributed by atoms with Crippen molar-refractivity contribution in [2.75, 3.05) is 6.54 Å². The maximum atomic E-state index is 13.8. The number of nitrogens with zero attached hydrogens (tertiary/aromatic N) is 1. The SMILES string of the molecule is CC(C)c1cc(C(CN)c2cc(F)ccc2F)[nH]n1. The molecule has 0 aliphatic rings. The lowest BCUT2D eigenvalue weighted by Gasteiger charge is -2.14. The molecule has 3 nitrogen and oxygen atoms in total. The second-order valence-corrected chi connectivity index (χ2v) is 4.86. The van der Waals surface area contributed by atoms with Crippen LogP contribution in [0.2, 0.25) is 0 Å². The van der Waals surface area contributed by atoms with Gasteiger partial charge in [0.1, 0.15) is 11.6 Å². The van der Waals surface area contributed by atoms with Crippen LogP contribution in [-0.4, -0.2) is 16.7 Å². The molecule has 0 saturated carbocycles. The Bertz CT molecular complexity index is 564. The normalized spacial score (nSPS) is 12.9. The van der Waals surface area contributed by atoms with Crippen LogP contribution < -0.4 is 5.73 Å². The van der Waals surface area contributed by atoms with Crippen molar-refractivity contribution in [1.82, 2.24) is 10.2 Å². The lowest BCUT2D eigenvalue weighted by Crippen LogP contribution is -2.16. The molecule has 2 rings (SSSR count). The van der Waals surface area contributed by atoms with Crippen molar-refractivity contribution in [2.45, 2.75) is 25.7 Å². The van der Waals surface area contributed by atoms with Crippen LogP contribution in [0.1, 0.15) is 42.6 Å². The van der Waals surface area contributed by atoms with Crippen LogP contribution in [-0.2, 0) is 0 Å². The van der Waals surface area contributed by atoms with Gasteiger partial charge in [-0.1, -0.05) is 13.8 Å². The summed E-state index contributed by atoms with van der Waals surface area (Å²) >= 11 is 0. The number of aromatic nitrogens is 2. The highest BCUT2D eigenvalue weighted by Gasteiger charge is 2.20. The van der Waals surface area contributed by atoms with Gasteiger partial charge in [-0.05, 0) is 30.2 Å². The number of H-pyrrole nitrogens is 1. The van der Waals surface area contributed by atoms with Gasteiger partial charge in [0.2, 0.25) is 0 Å². The third-order valence-corrected chi connectivity index (χ3v) is 3.15. The van der Waals surface area contributed by atoms with Crippen molar-refractivity contribution < 1.29 is 8.78 Å². The summed E-state index contributed by atoms with van der Waals surface area (Å²) in [5, 5.41) is 7.03. The fraction of sp³-hybridized carbons (Fsp3) is 0.357. The van der Waals surface area contributed by atoms with Crippen molar-refractivity contribution in [3.63, 3.8) is 0 Å². The Morgan fingerprint density at radius 2 is 2.00 bits per heavy atom. The molecule has 0 saturated heterocycles. The highest BCUT2D eigenvalue weighted by molar-refractivity contribution is 5.31. The van der Waals surface area contributed by atoms with Gasteiger partial charge in [-0.15, -0.1) is 0 Å². The van der Waals surface area contributed by atoms with E-state index in [1.54, 1.807) is 0 Å². The number of halogens is 2. The predicted octanol–water partition coefficient (Wildman–Crippen LogP) is 2.90. The average molecular weight is 265 g/mol. The maximum Gasteiger partial charge on any atom is 0.127 e. The van der Waals surface area contributed by atoms with E-state index in [4.69, 9.17) is 5.73 Å². The summed E-state index contributed by atoms with van der Waals surface area (Å²) < 4.78 is 27.1. The summed E-state index contributed by atoms with van der Waals surface area (Å²) in [7, 11) is 0. The third-order valence-electron chi connectivity index (χ3n) is 3.15. The maximum absolute atomic E-state index is 13.8. The summed E-state index contributed by atoms with van der Waals surface area (Å²) in [6.07, 6.45) is 0. The zero-order chi connectivity index (χ0) is 14.0. The molecule has 0 fully saturated rings. The Hall–Kier alpha value is -1.75. The van der Waals surface area contributed by atoms with Crippen LogP contribution in [0.15, 0.2) is 24.3 Å². The topological polar surface area (TPSA) is 54.7 Å². The van der Waals surface area contributed by atoms with E-state index in [-0.39, 0.29) is 18.0 Å². The van der Waals surface area contributed by atoms with E-state index in [1.807, 2.05) is 19.9 Å². The van der Waals surface area contributed by atoms with E-state index in [0.29, 0.717) is 5.69 Å². The van der Waals surface area contributed by atoms with Crippen molar-refractivity contribution in [3.8, 4) is 0 Å². The number of aromatic amines is 1. The lowest BCUT2D eigenvalue weighted by molar-refractivity contribution is 0.572. The molecule has 1 unspecified atom stereocenters. The monoisotopic (exact) mass is 265 g/mol. The molecule has 1 heterocycles. The van der Waals surface area contributed by atoms with E-state index in [1.165, 1.54) is 6.07 Å². The Balaban J connectivity index is 2.40. The fourth-order valence-electron chi connectivity index (χ4n) is 2.03. The Labute approximate surface area is 110 Å². The van der Waals surface area contributed by atoms with Gasteiger partial charge in [0.05, 0.1) is 5.69 Å². The van der Waals surface area contributed by atoms with E-state index in [9.17, 15) is 8.78 Å². The molecule has 5 heteroatoms.